The molecule has 2 aromatic heterocycles. The minimum Gasteiger partial charge on any atom is -0.484 e. The van der Waals surface area contributed by atoms with Crippen LogP contribution in [0.5, 0.6) is 5.75 Å². The Hall–Kier alpha value is -3.98. The number of carbonyl (C=O) groups excluding carboxylic acids is 1. The molecule has 0 bridgehead atoms. The largest absolute Gasteiger partial charge is 0.484 e. The Morgan fingerprint density at radius 3 is 2.50 bits per heavy atom. The highest BCUT2D eigenvalue weighted by Crippen LogP contribution is 2.35. The number of benzene rings is 2. The number of sulfonamides is 1. The van der Waals surface area contributed by atoms with Crippen LogP contribution in [0.15, 0.2) is 52.1 Å². The molecule has 0 spiro atoms. The highest BCUT2D eigenvalue weighted by atomic mass is 32.2. The number of fused-ring (bicyclic) bond motifs is 1. The van der Waals surface area contributed by atoms with Gasteiger partial charge >= 0.3 is 11.9 Å². The van der Waals surface area contributed by atoms with Gasteiger partial charge in [-0.2, -0.15) is 17.5 Å². The molecule has 0 atom stereocenters. The second-order valence-corrected chi connectivity index (χ2v) is 10.9. The summed E-state index contributed by atoms with van der Waals surface area (Å²) in [7, 11) is -2.81. The maximum atomic E-state index is 13.2. The van der Waals surface area contributed by atoms with E-state index in [1.54, 1.807) is 35.9 Å². The van der Waals surface area contributed by atoms with Crippen molar-refractivity contribution in [2.75, 3.05) is 12.9 Å². The third-order valence-electron chi connectivity index (χ3n) is 5.46. The number of ether oxygens (including phenoxy) is 1. The van der Waals surface area contributed by atoms with E-state index in [4.69, 9.17) is 4.74 Å². The summed E-state index contributed by atoms with van der Waals surface area (Å²) in [5.74, 6) is -0.610. The van der Waals surface area contributed by atoms with Crippen LogP contribution in [-0.4, -0.2) is 40.7 Å². The lowest BCUT2D eigenvalue weighted by Gasteiger charge is -2.14. The Kier molecular flexibility index (Phi) is 6.92. The van der Waals surface area contributed by atoms with Crippen molar-refractivity contribution in [1.29, 1.82) is 0 Å². The average molecular weight is 569 g/mol. The number of nitrogens with zero attached hydrogens (tertiary/aromatic N) is 3. The zero-order chi connectivity index (χ0) is 28.0. The third-order valence-corrected chi connectivity index (χ3v) is 6.88. The molecule has 200 valence electrons. The van der Waals surface area contributed by atoms with Crippen LogP contribution in [-0.2, 0) is 28.0 Å². The van der Waals surface area contributed by atoms with Gasteiger partial charge in [0.05, 0.1) is 22.3 Å². The summed E-state index contributed by atoms with van der Waals surface area (Å²) in [6, 6.07) is 9.75. The van der Waals surface area contributed by atoms with Crippen LogP contribution in [0.2, 0.25) is 0 Å². The molecule has 10 nitrogen and oxygen atoms in total. The summed E-state index contributed by atoms with van der Waals surface area (Å²) in [4.78, 5) is 37.0. The Bertz CT molecular complexity index is 1810. The quantitative estimate of drug-likeness (QED) is 0.379. The van der Waals surface area contributed by atoms with E-state index in [9.17, 15) is 36.0 Å². The molecule has 0 saturated heterocycles. The molecule has 0 fully saturated rings. The van der Waals surface area contributed by atoms with Crippen molar-refractivity contribution in [1.82, 2.24) is 18.2 Å². The number of aromatic nitrogens is 3. The summed E-state index contributed by atoms with van der Waals surface area (Å²) >= 11 is 1.13. The van der Waals surface area contributed by atoms with Crippen LogP contribution in [0, 0.1) is 6.92 Å². The van der Waals surface area contributed by atoms with Gasteiger partial charge in [0.1, 0.15) is 11.4 Å². The molecule has 15 heteroatoms. The van der Waals surface area contributed by atoms with Gasteiger partial charge in [-0.25, -0.2) is 17.8 Å². The number of rotatable bonds is 6. The highest BCUT2D eigenvalue weighted by molar-refractivity contribution is 7.89. The molecule has 2 heterocycles. The van der Waals surface area contributed by atoms with Crippen LogP contribution in [0.25, 0.3) is 27.0 Å². The van der Waals surface area contributed by atoms with Crippen molar-refractivity contribution < 1.29 is 31.1 Å². The van der Waals surface area contributed by atoms with E-state index in [2.05, 4.69) is 4.37 Å². The topological polar surface area (TPSA) is 129 Å². The molecule has 4 aromatic rings. The van der Waals surface area contributed by atoms with Crippen molar-refractivity contribution in [3.8, 4) is 22.7 Å². The van der Waals surface area contributed by atoms with Gasteiger partial charge in [-0.3, -0.25) is 18.9 Å². The maximum Gasteiger partial charge on any atom is 0.431 e. The first-order valence-corrected chi connectivity index (χ1v) is 13.4. The van der Waals surface area contributed by atoms with E-state index in [0.717, 1.165) is 30.4 Å². The number of amides is 1. The lowest BCUT2D eigenvalue weighted by molar-refractivity contribution is -0.144. The second-order valence-electron chi connectivity index (χ2n) is 8.32. The molecule has 4 rings (SSSR count). The van der Waals surface area contributed by atoms with E-state index in [1.165, 1.54) is 12.1 Å². The van der Waals surface area contributed by atoms with Gasteiger partial charge in [-0.1, -0.05) is 6.07 Å². The van der Waals surface area contributed by atoms with Gasteiger partial charge in [0.2, 0.25) is 10.0 Å². The molecular formula is C23H19F3N4O6S2. The zero-order valence-electron chi connectivity index (χ0n) is 20.0. The Labute approximate surface area is 217 Å². The summed E-state index contributed by atoms with van der Waals surface area (Å²) in [5.41, 5.74) is -1.80. The van der Waals surface area contributed by atoms with E-state index in [1.807, 2.05) is 0 Å². The number of carbonyl (C=O) groups is 1. The molecule has 0 aliphatic rings. The normalized spacial score (nSPS) is 12.1. The zero-order valence-corrected chi connectivity index (χ0v) is 21.6. The van der Waals surface area contributed by atoms with Gasteiger partial charge in [-0.05, 0) is 54.4 Å². The Morgan fingerprint density at radius 1 is 1.13 bits per heavy atom. The van der Waals surface area contributed by atoms with Crippen LogP contribution in [0.1, 0.15) is 11.3 Å². The minimum absolute atomic E-state index is 0.0563. The van der Waals surface area contributed by atoms with Gasteiger partial charge < -0.3 is 4.74 Å². The standard InChI is InChI=1S/C23H19F3N4O6S2/c1-12-4-6-14(36-11-19(31)28-38(3,34)35)9-15(12)21-16-8-13(5-7-17(16)37-27-21)30-20(32)10-18(23(24,25)26)29(2)22(30)33/h4-10H,11H2,1-3H3,(H,28,31). The lowest BCUT2D eigenvalue weighted by Crippen LogP contribution is -2.40. The predicted octanol–water partition coefficient (Wildman–Crippen LogP) is 2.59. The van der Waals surface area contributed by atoms with Gasteiger partial charge in [0, 0.05) is 24.1 Å². The summed E-state index contributed by atoms with van der Waals surface area (Å²) < 4.78 is 75.4. The molecule has 38 heavy (non-hydrogen) atoms. The van der Waals surface area contributed by atoms with E-state index >= 15 is 0 Å². The van der Waals surface area contributed by atoms with Crippen molar-refractivity contribution >= 4 is 37.5 Å². The molecule has 0 radical (unpaired) electrons. The Morgan fingerprint density at radius 2 is 1.84 bits per heavy atom. The maximum absolute atomic E-state index is 13.2. The van der Waals surface area contributed by atoms with Gasteiger partial charge in [-0.15, -0.1) is 0 Å². The lowest BCUT2D eigenvalue weighted by atomic mass is 10.0. The molecule has 0 saturated carbocycles. The van der Waals surface area contributed by atoms with E-state index in [0.29, 0.717) is 36.5 Å². The number of nitrogens with one attached hydrogen (secondary N) is 1. The predicted molar refractivity (Wildman–Crippen MR) is 134 cm³/mol. The number of hydrogen-bond acceptors (Lipinski definition) is 8. The number of aryl methyl sites for hydroxylation is 1. The highest BCUT2D eigenvalue weighted by Gasteiger charge is 2.35. The first kappa shape index (κ1) is 27.1. The van der Waals surface area contributed by atoms with Crippen LogP contribution in [0.4, 0.5) is 13.2 Å². The second kappa shape index (κ2) is 9.72. The van der Waals surface area contributed by atoms with Crippen molar-refractivity contribution in [3.63, 3.8) is 0 Å². The van der Waals surface area contributed by atoms with Gasteiger partial charge in [0.25, 0.3) is 11.5 Å². The molecular weight excluding hydrogens is 549 g/mol. The first-order chi connectivity index (χ1) is 17.7. The molecule has 2 aromatic carbocycles. The Balaban J connectivity index is 1.76. The summed E-state index contributed by atoms with van der Waals surface area (Å²) in [6.45, 7) is 1.23. The third kappa shape index (κ3) is 5.47. The summed E-state index contributed by atoms with van der Waals surface area (Å²) in [6.07, 6.45) is -4.04. The van der Waals surface area contributed by atoms with Gasteiger partial charge in [0.15, 0.2) is 6.61 Å². The molecule has 1 amide bonds. The van der Waals surface area contributed by atoms with Crippen LogP contribution >= 0.6 is 11.5 Å². The fraction of sp³-hybridized carbons (Fsp3) is 0.217. The van der Waals surface area contributed by atoms with Crippen LogP contribution < -0.4 is 20.7 Å². The molecule has 0 aliphatic heterocycles. The van der Waals surface area contributed by atoms with Crippen molar-refractivity contribution in [2.24, 2.45) is 7.05 Å². The minimum atomic E-state index is -4.88. The van der Waals surface area contributed by atoms with E-state index in [-0.39, 0.29) is 11.4 Å². The van der Waals surface area contributed by atoms with E-state index < -0.39 is 45.7 Å². The smallest absolute Gasteiger partial charge is 0.431 e. The molecule has 0 unspecified atom stereocenters. The van der Waals surface area contributed by atoms with Crippen molar-refractivity contribution in [3.05, 3.63) is 74.6 Å². The fourth-order valence-electron chi connectivity index (χ4n) is 3.73. The number of alkyl halides is 3. The SMILES string of the molecule is Cc1ccc(OCC(=O)NS(C)(=O)=O)cc1-c1nsc2ccc(-n3c(=O)cc(C(F)(F)F)n(C)c3=O)cc12. The molecule has 1 N–H and O–H groups in total. The summed E-state index contributed by atoms with van der Waals surface area (Å²) in [5, 5.41) is 0.524. The average Bonchev–Trinajstić information content (AvgIpc) is 3.22. The first-order valence-electron chi connectivity index (χ1n) is 10.7. The van der Waals surface area contributed by atoms with Crippen LogP contribution in [0.3, 0.4) is 0 Å². The fourth-order valence-corrected chi connectivity index (χ4v) is 4.97. The monoisotopic (exact) mass is 568 g/mol. The number of hydrogen-bond donors (Lipinski definition) is 1. The van der Waals surface area contributed by atoms with Crippen molar-refractivity contribution in [2.45, 2.75) is 13.1 Å². The number of halogens is 3. The molecule has 0 aliphatic carbocycles.